The molecular formula is C6H15NO4Si. The molecular weight excluding hydrogens is 178 g/mol. The van der Waals surface area contributed by atoms with E-state index in [2.05, 4.69) is 5.32 Å². The van der Waals surface area contributed by atoms with E-state index in [0.717, 1.165) is 0 Å². The van der Waals surface area contributed by atoms with E-state index in [1.54, 1.807) is 14.2 Å². The summed E-state index contributed by atoms with van der Waals surface area (Å²) in [6.45, 7) is 1.82. The summed E-state index contributed by atoms with van der Waals surface area (Å²) in [5, 5.41) is 2.34. The zero-order valence-corrected chi connectivity index (χ0v) is 8.84. The number of ether oxygens (including phenoxy) is 1. The highest BCUT2D eigenvalue weighted by atomic mass is 28.4. The van der Waals surface area contributed by atoms with Crippen LogP contribution in [0.25, 0.3) is 0 Å². The second-order valence-electron chi connectivity index (χ2n) is 2.37. The Hall–Kier alpha value is -0.593. The van der Waals surface area contributed by atoms with Gasteiger partial charge < -0.3 is 18.9 Å². The number of hydrogen-bond donors (Lipinski definition) is 1. The summed E-state index contributed by atoms with van der Waals surface area (Å²) in [4.78, 5) is 10.7. The zero-order valence-electron chi connectivity index (χ0n) is 7.84. The minimum Gasteiger partial charge on any atom is -0.448 e. The van der Waals surface area contributed by atoms with Gasteiger partial charge in [-0.05, 0) is 6.55 Å². The van der Waals surface area contributed by atoms with E-state index in [-0.39, 0.29) is 6.23 Å². The van der Waals surface area contributed by atoms with Crippen LogP contribution in [0.2, 0.25) is 6.55 Å². The lowest BCUT2D eigenvalue weighted by Crippen LogP contribution is -2.43. The predicted octanol–water partition coefficient (Wildman–Crippen LogP) is 0.246. The Kier molecular flexibility index (Phi) is 4.87. The smallest absolute Gasteiger partial charge is 0.406 e. The van der Waals surface area contributed by atoms with Crippen molar-refractivity contribution < 1.29 is 18.4 Å². The number of hydrogen-bond acceptors (Lipinski definition) is 4. The van der Waals surface area contributed by atoms with E-state index in [0.29, 0.717) is 0 Å². The molecule has 0 spiro atoms. The van der Waals surface area contributed by atoms with E-state index in [1.165, 1.54) is 7.05 Å². The Bertz CT molecular complexity index is 148. The van der Waals surface area contributed by atoms with Crippen molar-refractivity contribution in [3.8, 4) is 0 Å². The molecule has 1 amide bonds. The van der Waals surface area contributed by atoms with Crippen molar-refractivity contribution in [1.29, 1.82) is 0 Å². The molecule has 0 heterocycles. The molecule has 12 heavy (non-hydrogen) atoms. The average molecular weight is 193 g/mol. The van der Waals surface area contributed by atoms with Crippen LogP contribution in [0.5, 0.6) is 0 Å². The molecule has 0 unspecified atom stereocenters. The number of carbonyl (C=O) groups excluding carboxylic acids is 1. The largest absolute Gasteiger partial charge is 0.448 e. The first-order valence-electron chi connectivity index (χ1n) is 3.53. The van der Waals surface area contributed by atoms with Crippen LogP contribution in [0.3, 0.4) is 0 Å². The quantitative estimate of drug-likeness (QED) is 0.650. The minimum atomic E-state index is -2.26. The Morgan fingerprint density at radius 1 is 1.42 bits per heavy atom. The summed E-state index contributed by atoms with van der Waals surface area (Å²) in [5.41, 5.74) is 0. The van der Waals surface area contributed by atoms with Crippen LogP contribution in [-0.4, -0.2) is 42.2 Å². The minimum absolute atomic E-state index is 0.194. The summed E-state index contributed by atoms with van der Waals surface area (Å²) >= 11 is 0. The van der Waals surface area contributed by atoms with Crippen molar-refractivity contribution >= 4 is 14.7 Å². The lowest BCUT2D eigenvalue weighted by molar-refractivity contribution is 0.142. The van der Waals surface area contributed by atoms with Gasteiger partial charge in [0.1, 0.15) is 6.23 Å². The molecule has 0 aromatic heterocycles. The monoisotopic (exact) mass is 193 g/mol. The Morgan fingerprint density at radius 2 is 1.92 bits per heavy atom. The standard InChI is InChI=1S/C6H15NO4Si/c1-7-6(8)11-5-12(4,9-2)10-3/h5H2,1-4H3,(H,7,8). The van der Waals surface area contributed by atoms with E-state index in [9.17, 15) is 4.79 Å². The molecule has 0 rings (SSSR count). The van der Waals surface area contributed by atoms with E-state index < -0.39 is 14.7 Å². The summed E-state index contributed by atoms with van der Waals surface area (Å²) < 4.78 is 15.0. The van der Waals surface area contributed by atoms with Gasteiger partial charge in [0.25, 0.3) is 0 Å². The molecule has 1 N–H and O–H groups in total. The van der Waals surface area contributed by atoms with Gasteiger partial charge in [0.15, 0.2) is 0 Å². The molecule has 6 heteroatoms. The Balaban J connectivity index is 3.80. The third kappa shape index (κ3) is 3.70. The van der Waals surface area contributed by atoms with Gasteiger partial charge in [-0.2, -0.15) is 0 Å². The summed E-state index contributed by atoms with van der Waals surface area (Å²) in [6.07, 6.45) is -0.275. The molecule has 5 nitrogen and oxygen atoms in total. The zero-order chi connectivity index (χ0) is 9.61. The van der Waals surface area contributed by atoms with E-state index in [1.807, 2.05) is 6.55 Å². The van der Waals surface area contributed by atoms with Gasteiger partial charge in [-0.25, -0.2) is 4.79 Å². The van der Waals surface area contributed by atoms with Crippen LogP contribution >= 0.6 is 0 Å². The summed E-state index contributed by atoms with van der Waals surface area (Å²) in [5.74, 6) is 0. The summed E-state index contributed by atoms with van der Waals surface area (Å²) in [6, 6.07) is 0. The molecule has 0 aliphatic carbocycles. The molecule has 0 fully saturated rings. The van der Waals surface area contributed by atoms with Crippen LogP contribution in [0, 0.1) is 0 Å². The Morgan fingerprint density at radius 3 is 2.25 bits per heavy atom. The van der Waals surface area contributed by atoms with Crippen LogP contribution in [-0.2, 0) is 13.6 Å². The molecule has 0 saturated heterocycles. The van der Waals surface area contributed by atoms with Crippen molar-refractivity contribution in [1.82, 2.24) is 5.32 Å². The van der Waals surface area contributed by atoms with Gasteiger partial charge in [-0.3, -0.25) is 0 Å². The molecule has 0 radical (unpaired) electrons. The number of nitrogens with one attached hydrogen (secondary N) is 1. The van der Waals surface area contributed by atoms with Gasteiger partial charge in [0.05, 0.1) is 0 Å². The van der Waals surface area contributed by atoms with E-state index in [4.69, 9.17) is 13.6 Å². The van der Waals surface area contributed by atoms with Gasteiger partial charge in [0.2, 0.25) is 0 Å². The molecule has 0 aromatic carbocycles. The number of alkyl carbamates (subject to hydrolysis) is 1. The van der Waals surface area contributed by atoms with Crippen molar-refractivity contribution in [2.45, 2.75) is 6.55 Å². The second-order valence-corrected chi connectivity index (χ2v) is 5.74. The topological polar surface area (TPSA) is 56.8 Å². The number of rotatable bonds is 4. The van der Waals surface area contributed by atoms with E-state index >= 15 is 0 Å². The number of amides is 1. The maximum Gasteiger partial charge on any atom is 0.406 e. The SMILES string of the molecule is CNC(=O)OC[Si](C)(OC)OC. The third-order valence-corrected chi connectivity index (χ3v) is 3.93. The first-order valence-corrected chi connectivity index (χ1v) is 6.05. The molecule has 0 atom stereocenters. The molecule has 0 bridgehead atoms. The Labute approximate surface area is 73.2 Å². The highest BCUT2D eigenvalue weighted by molar-refractivity contribution is 6.65. The van der Waals surface area contributed by atoms with Crippen molar-refractivity contribution in [2.24, 2.45) is 0 Å². The fourth-order valence-corrected chi connectivity index (χ4v) is 1.27. The average Bonchev–Trinajstić information content (AvgIpc) is 2.13. The van der Waals surface area contributed by atoms with Crippen LogP contribution in [0.1, 0.15) is 0 Å². The lowest BCUT2D eigenvalue weighted by atomic mass is 11.1. The van der Waals surface area contributed by atoms with Crippen molar-refractivity contribution in [2.75, 3.05) is 27.5 Å². The van der Waals surface area contributed by atoms with Crippen molar-refractivity contribution in [3.63, 3.8) is 0 Å². The van der Waals surface area contributed by atoms with Gasteiger partial charge >= 0.3 is 14.7 Å². The normalized spacial score (nSPS) is 11.0. The van der Waals surface area contributed by atoms with Gasteiger partial charge in [0, 0.05) is 21.3 Å². The number of carbonyl (C=O) groups is 1. The first kappa shape index (κ1) is 11.4. The summed E-state index contributed by atoms with van der Waals surface area (Å²) in [7, 11) is 2.33. The van der Waals surface area contributed by atoms with Crippen molar-refractivity contribution in [3.05, 3.63) is 0 Å². The maximum absolute atomic E-state index is 10.7. The third-order valence-electron chi connectivity index (χ3n) is 1.53. The fraction of sp³-hybridized carbons (Fsp3) is 0.833. The second kappa shape index (κ2) is 5.12. The predicted molar refractivity (Wildman–Crippen MR) is 46.0 cm³/mol. The molecule has 0 saturated carbocycles. The first-order chi connectivity index (χ1) is 5.58. The van der Waals surface area contributed by atoms with Gasteiger partial charge in [-0.15, -0.1) is 0 Å². The highest BCUT2D eigenvalue weighted by Crippen LogP contribution is 2.04. The fourth-order valence-electron chi connectivity index (χ4n) is 0.470. The van der Waals surface area contributed by atoms with Crippen LogP contribution in [0.15, 0.2) is 0 Å². The lowest BCUT2D eigenvalue weighted by Gasteiger charge is -2.21. The van der Waals surface area contributed by atoms with Gasteiger partial charge in [-0.1, -0.05) is 0 Å². The maximum atomic E-state index is 10.7. The highest BCUT2D eigenvalue weighted by Gasteiger charge is 2.30. The molecule has 0 aliphatic rings. The molecule has 72 valence electrons. The van der Waals surface area contributed by atoms with Crippen LogP contribution in [0.4, 0.5) is 4.79 Å². The van der Waals surface area contributed by atoms with Crippen LogP contribution < -0.4 is 5.32 Å². The molecule has 0 aromatic rings. The molecule has 0 aliphatic heterocycles.